The number of hydrogen-bond acceptors (Lipinski definition) is 6. The Kier molecular flexibility index (Phi) is 2.65. The molecule has 94 valence electrons. The van der Waals surface area contributed by atoms with Gasteiger partial charge in [0.2, 0.25) is 0 Å². The van der Waals surface area contributed by atoms with Crippen LogP contribution < -0.4 is 5.90 Å². The fourth-order valence-corrected chi connectivity index (χ4v) is 3.16. The van der Waals surface area contributed by atoms with Crippen molar-refractivity contribution in [2.24, 2.45) is 10.9 Å². The van der Waals surface area contributed by atoms with Crippen LogP contribution in [0.25, 0.3) is 0 Å². The molecule has 0 radical (unpaired) electrons. The number of fused-ring (bicyclic) bond motifs is 2. The number of likely N-dealkylation sites (tertiary alicyclic amines) is 1. The number of nitrogens with two attached hydrogens (primary N) is 1. The third-order valence-corrected chi connectivity index (χ3v) is 4.04. The molecule has 6 heteroatoms. The van der Waals surface area contributed by atoms with Crippen molar-refractivity contribution in [3.05, 3.63) is 0 Å². The Morgan fingerprint density at radius 1 is 1.47 bits per heavy atom. The van der Waals surface area contributed by atoms with Crippen molar-refractivity contribution in [2.75, 3.05) is 26.7 Å². The molecule has 0 saturated carbocycles. The summed E-state index contributed by atoms with van der Waals surface area (Å²) >= 11 is 0. The fourth-order valence-electron chi connectivity index (χ4n) is 3.16. The highest BCUT2D eigenvalue weighted by Gasteiger charge is 2.44. The second-order valence-corrected chi connectivity index (χ2v) is 5.24. The van der Waals surface area contributed by atoms with Crippen LogP contribution in [0.4, 0.5) is 0 Å². The van der Waals surface area contributed by atoms with Gasteiger partial charge in [0.25, 0.3) is 0 Å². The third kappa shape index (κ3) is 1.96. The first kappa shape index (κ1) is 11.1. The van der Waals surface area contributed by atoms with Crippen molar-refractivity contribution in [3.8, 4) is 0 Å². The lowest BCUT2D eigenvalue weighted by Crippen LogP contribution is -2.53. The maximum Gasteiger partial charge on any atom is 0.355 e. The van der Waals surface area contributed by atoms with Crippen LogP contribution in [0.3, 0.4) is 0 Å². The minimum atomic E-state index is -0.429. The van der Waals surface area contributed by atoms with Gasteiger partial charge in [-0.1, -0.05) is 0 Å². The molecule has 17 heavy (non-hydrogen) atoms. The number of nitrogens with zero attached hydrogens (tertiary/aromatic N) is 3. The smallest absolute Gasteiger partial charge is 0.355 e. The Bertz CT molecular complexity index is 356. The fraction of sp³-hybridized carbons (Fsp3) is 0.818. The van der Waals surface area contributed by atoms with Crippen LogP contribution in [0.15, 0.2) is 4.99 Å². The van der Waals surface area contributed by atoms with Gasteiger partial charge >= 0.3 is 5.97 Å². The number of aliphatic imine (C=N–C) groups is 1. The van der Waals surface area contributed by atoms with Gasteiger partial charge in [-0.05, 0) is 19.9 Å². The van der Waals surface area contributed by atoms with Gasteiger partial charge in [0.15, 0.2) is 6.04 Å². The molecule has 0 aromatic rings. The second-order valence-electron chi connectivity index (χ2n) is 5.24. The van der Waals surface area contributed by atoms with Crippen LogP contribution in [0.5, 0.6) is 0 Å². The van der Waals surface area contributed by atoms with Gasteiger partial charge in [-0.25, -0.2) is 4.79 Å². The van der Waals surface area contributed by atoms with Gasteiger partial charge in [-0.15, -0.1) is 0 Å². The first-order valence-corrected chi connectivity index (χ1v) is 6.10. The molecular weight excluding hydrogens is 220 g/mol. The molecule has 3 unspecified atom stereocenters. The molecule has 3 atom stereocenters. The van der Waals surface area contributed by atoms with Crippen LogP contribution in [-0.4, -0.2) is 66.3 Å². The summed E-state index contributed by atoms with van der Waals surface area (Å²) in [6.07, 6.45) is 2.52. The first-order valence-electron chi connectivity index (χ1n) is 6.10. The minimum Gasteiger partial charge on any atom is -0.371 e. The summed E-state index contributed by atoms with van der Waals surface area (Å²) < 4.78 is 0. The Balaban J connectivity index is 1.57. The van der Waals surface area contributed by atoms with Crippen molar-refractivity contribution in [2.45, 2.75) is 31.0 Å². The van der Waals surface area contributed by atoms with E-state index in [1.807, 2.05) is 0 Å². The number of carbonyl (C=O) groups is 1. The molecule has 3 aliphatic heterocycles. The van der Waals surface area contributed by atoms with Crippen molar-refractivity contribution in [1.29, 1.82) is 0 Å². The van der Waals surface area contributed by atoms with Crippen LogP contribution in [-0.2, 0) is 9.63 Å². The largest absolute Gasteiger partial charge is 0.371 e. The highest BCUT2D eigenvalue weighted by Crippen LogP contribution is 2.30. The summed E-state index contributed by atoms with van der Waals surface area (Å²) in [6.45, 7) is 3.05. The maximum absolute atomic E-state index is 11.2. The molecule has 2 N–H and O–H groups in total. The zero-order valence-electron chi connectivity index (χ0n) is 10.0. The topological polar surface area (TPSA) is 71.2 Å². The molecular formula is C11H18N4O2. The van der Waals surface area contributed by atoms with Crippen LogP contribution in [0.1, 0.15) is 12.8 Å². The van der Waals surface area contributed by atoms with Crippen molar-refractivity contribution >= 4 is 11.7 Å². The summed E-state index contributed by atoms with van der Waals surface area (Å²) in [4.78, 5) is 24.4. The molecule has 0 aliphatic carbocycles. The Labute approximate surface area is 100 Å². The lowest BCUT2D eigenvalue weighted by molar-refractivity contribution is -0.143. The average Bonchev–Trinajstić information content (AvgIpc) is 3.02. The van der Waals surface area contributed by atoms with Gasteiger partial charge in [-0.3, -0.25) is 9.89 Å². The van der Waals surface area contributed by atoms with E-state index in [2.05, 4.69) is 26.7 Å². The molecule has 0 aromatic carbocycles. The minimum absolute atomic E-state index is 0.390. The highest BCUT2D eigenvalue weighted by atomic mass is 16.7. The molecule has 3 rings (SSSR count). The quantitative estimate of drug-likeness (QED) is 0.639. The molecule has 3 heterocycles. The van der Waals surface area contributed by atoms with E-state index < -0.39 is 5.97 Å². The highest BCUT2D eigenvalue weighted by molar-refractivity contribution is 6.17. The maximum atomic E-state index is 11.2. The van der Waals surface area contributed by atoms with Crippen molar-refractivity contribution in [1.82, 2.24) is 9.80 Å². The summed E-state index contributed by atoms with van der Waals surface area (Å²) in [5, 5.41) is 0. The zero-order chi connectivity index (χ0) is 12.0. The predicted octanol–water partition coefficient (Wildman–Crippen LogP) is -0.995. The molecule has 2 fully saturated rings. The van der Waals surface area contributed by atoms with Crippen LogP contribution in [0.2, 0.25) is 0 Å². The zero-order valence-corrected chi connectivity index (χ0v) is 10.0. The lowest BCUT2D eigenvalue weighted by atomic mass is 10.1. The van der Waals surface area contributed by atoms with Gasteiger partial charge in [0, 0.05) is 31.7 Å². The number of rotatable bonds is 3. The van der Waals surface area contributed by atoms with E-state index in [0.29, 0.717) is 12.1 Å². The van der Waals surface area contributed by atoms with Crippen LogP contribution in [0, 0.1) is 0 Å². The monoisotopic (exact) mass is 238 g/mol. The van der Waals surface area contributed by atoms with E-state index in [4.69, 9.17) is 5.90 Å². The Morgan fingerprint density at radius 3 is 2.71 bits per heavy atom. The van der Waals surface area contributed by atoms with E-state index in [1.54, 1.807) is 0 Å². The first-order chi connectivity index (χ1) is 8.19. The van der Waals surface area contributed by atoms with Gasteiger partial charge in [0.05, 0.1) is 5.71 Å². The van der Waals surface area contributed by atoms with Gasteiger partial charge in [0.1, 0.15) is 0 Å². The summed E-state index contributed by atoms with van der Waals surface area (Å²) in [5.41, 5.74) is 0.932. The SMILES string of the molecule is CN1CC2CCC(C1)N2CC1=NC1C(=O)ON. The third-order valence-electron chi connectivity index (χ3n) is 4.04. The van der Waals surface area contributed by atoms with E-state index in [1.165, 1.54) is 12.8 Å². The molecule has 2 saturated heterocycles. The van der Waals surface area contributed by atoms with Crippen molar-refractivity contribution in [3.63, 3.8) is 0 Å². The predicted molar refractivity (Wildman–Crippen MR) is 62.5 cm³/mol. The van der Waals surface area contributed by atoms with E-state index >= 15 is 0 Å². The molecule has 3 aliphatic rings. The Morgan fingerprint density at radius 2 is 2.12 bits per heavy atom. The summed E-state index contributed by atoms with van der Waals surface area (Å²) in [6, 6.07) is 0.854. The van der Waals surface area contributed by atoms with E-state index in [9.17, 15) is 4.79 Å². The van der Waals surface area contributed by atoms with Gasteiger partial charge in [-0.2, -0.15) is 5.90 Å². The van der Waals surface area contributed by atoms with Crippen LogP contribution >= 0.6 is 0 Å². The number of likely N-dealkylation sites (N-methyl/N-ethyl adjacent to an activating group) is 1. The Hall–Kier alpha value is -0.980. The van der Waals surface area contributed by atoms with E-state index in [0.717, 1.165) is 25.3 Å². The van der Waals surface area contributed by atoms with E-state index in [-0.39, 0.29) is 6.04 Å². The lowest BCUT2D eigenvalue weighted by Gasteiger charge is -2.38. The molecule has 2 bridgehead atoms. The molecule has 0 amide bonds. The summed E-state index contributed by atoms with van der Waals surface area (Å²) in [7, 11) is 2.17. The molecule has 6 nitrogen and oxygen atoms in total. The number of piperazine rings is 1. The second kappa shape index (κ2) is 4.04. The number of hydrogen-bond donors (Lipinski definition) is 1. The molecule has 0 spiro atoms. The normalized spacial score (nSPS) is 36.8. The number of carbonyl (C=O) groups excluding carboxylic acids is 1. The summed E-state index contributed by atoms with van der Waals surface area (Å²) in [5.74, 6) is 4.42. The average molecular weight is 238 g/mol. The van der Waals surface area contributed by atoms with Crippen molar-refractivity contribution < 1.29 is 9.63 Å². The standard InChI is InChI=1S/C11H18N4O2/c1-14-4-7-2-3-8(5-14)15(7)6-9-10(13-9)11(16)17-12/h7-8,10H,2-6,12H2,1H3. The van der Waals surface area contributed by atoms with Gasteiger partial charge < -0.3 is 9.74 Å². The molecule has 0 aromatic heterocycles.